The van der Waals surface area contributed by atoms with E-state index in [9.17, 15) is 0 Å². The second-order valence-electron chi connectivity index (χ2n) is 4.33. The van der Waals surface area contributed by atoms with Gasteiger partial charge in [-0.1, -0.05) is 13.3 Å². The van der Waals surface area contributed by atoms with Crippen LogP contribution in [0.2, 0.25) is 0 Å². The molecule has 0 saturated carbocycles. The molecule has 13 heavy (non-hydrogen) atoms. The van der Waals surface area contributed by atoms with Crippen molar-refractivity contribution >= 4 is 0 Å². The van der Waals surface area contributed by atoms with Gasteiger partial charge in [-0.3, -0.25) is 0 Å². The van der Waals surface area contributed by atoms with E-state index in [0.717, 1.165) is 5.92 Å². The molecule has 1 aliphatic rings. The van der Waals surface area contributed by atoms with E-state index in [1.54, 1.807) is 0 Å². The monoisotopic (exact) mass is 184 g/mol. The van der Waals surface area contributed by atoms with Gasteiger partial charge in [0, 0.05) is 6.54 Å². The summed E-state index contributed by atoms with van der Waals surface area (Å²) in [5.41, 5.74) is 0. The molecule has 2 nitrogen and oxygen atoms in total. The Morgan fingerprint density at radius 1 is 1.46 bits per heavy atom. The topological polar surface area (TPSA) is 15.3 Å². The molecule has 0 amide bonds. The summed E-state index contributed by atoms with van der Waals surface area (Å²) in [6.07, 6.45) is 5.44. The fourth-order valence-corrected chi connectivity index (χ4v) is 2.04. The molecule has 0 aromatic carbocycles. The zero-order valence-corrected chi connectivity index (χ0v) is 9.18. The number of unbranched alkanes of at least 4 members (excludes halogenated alkanes) is 1. The van der Waals surface area contributed by atoms with Crippen molar-refractivity contribution in [3.63, 3.8) is 0 Å². The van der Waals surface area contributed by atoms with Crippen LogP contribution >= 0.6 is 0 Å². The fraction of sp³-hybridized carbons (Fsp3) is 1.00. The molecule has 1 N–H and O–H groups in total. The van der Waals surface area contributed by atoms with Gasteiger partial charge in [0.25, 0.3) is 0 Å². The first kappa shape index (κ1) is 11.0. The molecule has 1 atom stereocenters. The van der Waals surface area contributed by atoms with Crippen LogP contribution in [-0.2, 0) is 0 Å². The highest BCUT2D eigenvalue weighted by Crippen LogP contribution is 2.11. The van der Waals surface area contributed by atoms with Gasteiger partial charge in [0.1, 0.15) is 0 Å². The van der Waals surface area contributed by atoms with Crippen molar-refractivity contribution in [2.75, 3.05) is 33.2 Å². The van der Waals surface area contributed by atoms with Gasteiger partial charge in [-0.25, -0.2) is 0 Å². The summed E-state index contributed by atoms with van der Waals surface area (Å²) in [5, 5.41) is 3.47. The number of nitrogens with zero attached hydrogens (tertiary/aromatic N) is 1. The molecular weight excluding hydrogens is 160 g/mol. The molecule has 1 unspecified atom stereocenters. The number of hydrogen-bond acceptors (Lipinski definition) is 2. The maximum absolute atomic E-state index is 3.47. The predicted octanol–water partition coefficient (Wildman–Crippen LogP) is 1.72. The third kappa shape index (κ3) is 4.63. The fourth-order valence-electron chi connectivity index (χ4n) is 2.04. The molecule has 0 radical (unpaired) electrons. The predicted molar refractivity (Wildman–Crippen MR) is 58.0 cm³/mol. The lowest BCUT2D eigenvalue weighted by molar-refractivity contribution is 0.241. The van der Waals surface area contributed by atoms with Crippen molar-refractivity contribution in [3.8, 4) is 0 Å². The summed E-state index contributed by atoms with van der Waals surface area (Å²) in [5.74, 6) is 0.899. The van der Waals surface area contributed by atoms with Crippen molar-refractivity contribution in [1.82, 2.24) is 10.2 Å². The van der Waals surface area contributed by atoms with Gasteiger partial charge in [-0.2, -0.15) is 0 Å². The molecule has 1 fully saturated rings. The van der Waals surface area contributed by atoms with Crippen molar-refractivity contribution < 1.29 is 0 Å². The van der Waals surface area contributed by atoms with Gasteiger partial charge in [-0.15, -0.1) is 0 Å². The van der Waals surface area contributed by atoms with E-state index in [-0.39, 0.29) is 0 Å². The van der Waals surface area contributed by atoms with Gasteiger partial charge in [-0.05, 0) is 51.9 Å². The number of rotatable bonds is 5. The van der Waals surface area contributed by atoms with Gasteiger partial charge >= 0.3 is 0 Å². The third-order valence-electron chi connectivity index (χ3n) is 2.86. The van der Waals surface area contributed by atoms with Crippen molar-refractivity contribution in [2.45, 2.75) is 32.6 Å². The average molecular weight is 184 g/mol. The van der Waals surface area contributed by atoms with E-state index in [1.807, 2.05) is 0 Å². The van der Waals surface area contributed by atoms with Crippen LogP contribution in [0.4, 0.5) is 0 Å². The van der Waals surface area contributed by atoms with E-state index >= 15 is 0 Å². The molecule has 0 bridgehead atoms. The Morgan fingerprint density at radius 2 is 2.31 bits per heavy atom. The molecule has 2 heteroatoms. The summed E-state index contributed by atoms with van der Waals surface area (Å²) in [7, 11) is 2.25. The minimum Gasteiger partial charge on any atom is -0.316 e. The SMILES string of the molecule is CCCCN(C)CC1CCCNC1. The van der Waals surface area contributed by atoms with Crippen LogP contribution in [0.5, 0.6) is 0 Å². The first-order chi connectivity index (χ1) is 6.33. The maximum atomic E-state index is 3.47. The van der Waals surface area contributed by atoms with E-state index in [0.29, 0.717) is 0 Å². The lowest BCUT2D eigenvalue weighted by Crippen LogP contribution is -2.37. The van der Waals surface area contributed by atoms with Gasteiger partial charge < -0.3 is 10.2 Å². The molecule has 78 valence electrons. The zero-order valence-electron chi connectivity index (χ0n) is 9.18. The quantitative estimate of drug-likeness (QED) is 0.700. The first-order valence-electron chi connectivity index (χ1n) is 5.72. The summed E-state index contributed by atoms with van der Waals surface area (Å²) in [6, 6.07) is 0. The van der Waals surface area contributed by atoms with Crippen LogP contribution in [0.25, 0.3) is 0 Å². The largest absolute Gasteiger partial charge is 0.316 e. The highest BCUT2D eigenvalue weighted by atomic mass is 15.1. The number of hydrogen-bond donors (Lipinski definition) is 1. The second-order valence-corrected chi connectivity index (χ2v) is 4.33. The smallest absolute Gasteiger partial charge is 0.00187 e. The van der Waals surface area contributed by atoms with Crippen LogP contribution in [0.1, 0.15) is 32.6 Å². The van der Waals surface area contributed by atoms with Crippen LogP contribution < -0.4 is 5.32 Å². The molecule has 1 rings (SSSR count). The summed E-state index contributed by atoms with van der Waals surface area (Å²) in [4.78, 5) is 2.49. The zero-order chi connectivity index (χ0) is 9.52. The molecule has 0 aromatic rings. The number of piperidine rings is 1. The molecule has 0 aliphatic carbocycles. The Hall–Kier alpha value is -0.0800. The first-order valence-corrected chi connectivity index (χ1v) is 5.72. The highest BCUT2D eigenvalue weighted by molar-refractivity contribution is 4.71. The van der Waals surface area contributed by atoms with E-state index in [1.165, 1.54) is 51.9 Å². The van der Waals surface area contributed by atoms with E-state index in [4.69, 9.17) is 0 Å². The van der Waals surface area contributed by atoms with Crippen molar-refractivity contribution in [3.05, 3.63) is 0 Å². The second kappa shape index (κ2) is 6.39. The van der Waals surface area contributed by atoms with Gasteiger partial charge in [0.15, 0.2) is 0 Å². The minimum atomic E-state index is 0.899. The Bertz CT molecular complexity index is 119. The van der Waals surface area contributed by atoms with Crippen LogP contribution in [-0.4, -0.2) is 38.1 Å². The molecule has 0 spiro atoms. The maximum Gasteiger partial charge on any atom is 0.00187 e. The van der Waals surface area contributed by atoms with Crippen LogP contribution in [0.15, 0.2) is 0 Å². The lowest BCUT2D eigenvalue weighted by Gasteiger charge is -2.27. The normalized spacial score (nSPS) is 23.8. The Morgan fingerprint density at radius 3 is 2.92 bits per heavy atom. The average Bonchev–Trinajstić information content (AvgIpc) is 2.16. The standard InChI is InChI=1S/C11H24N2/c1-3-4-8-13(2)10-11-6-5-7-12-9-11/h11-12H,3-10H2,1-2H3. The van der Waals surface area contributed by atoms with Crippen molar-refractivity contribution in [2.24, 2.45) is 5.92 Å². The highest BCUT2D eigenvalue weighted by Gasteiger charge is 2.14. The Kier molecular flexibility index (Phi) is 5.40. The minimum absolute atomic E-state index is 0.899. The van der Waals surface area contributed by atoms with Gasteiger partial charge in [0.2, 0.25) is 0 Å². The molecule has 1 heterocycles. The lowest BCUT2D eigenvalue weighted by atomic mass is 9.99. The van der Waals surface area contributed by atoms with Gasteiger partial charge in [0.05, 0.1) is 0 Å². The summed E-state index contributed by atoms with van der Waals surface area (Å²) < 4.78 is 0. The summed E-state index contributed by atoms with van der Waals surface area (Å²) >= 11 is 0. The van der Waals surface area contributed by atoms with E-state index < -0.39 is 0 Å². The van der Waals surface area contributed by atoms with Crippen molar-refractivity contribution in [1.29, 1.82) is 0 Å². The third-order valence-corrected chi connectivity index (χ3v) is 2.86. The molecule has 1 saturated heterocycles. The Balaban J connectivity index is 2.07. The number of nitrogens with one attached hydrogen (secondary N) is 1. The van der Waals surface area contributed by atoms with Crippen LogP contribution in [0, 0.1) is 5.92 Å². The van der Waals surface area contributed by atoms with Crippen LogP contribution in [0.3, 0.4) is 0 Å². The Labute approximate surface area is 82.7 Å². The molecule has 1 aliphatic heterocycles. The molecule has 0 aromatic heterocycles. The summed E-state index contributed by atoms with van der Waals surface area (Å²) in [6.45, 7) is 7.28. The van der Waals surface area contributed by atoms with E-state index in [2.05, 4.69) is 24.2 Å². The molecular formula is C11H24N2.